The van der Waals surface area contributed by atoms with Crippen LogP contribution in [-0.4, -0.2) is 53.9 Å². The number of anilines is 1. The molecule has 0 aliphatic carbocycles. The molecule has 0 saturated heterocycles. The van der Waals surface area contributed by atoms with Gasteiger partial charge < -0.3 is 20.3 Å². The fourth-order valence-corrected chi connectivity index (χ4v) is 5.14. The molecule has 2 atom stereocenters. The fraction of sp³-hybridized carbons (Fsp3) is 0.414. The van der Waals surface area contributed by atoms with Gasteiger partial charge in [0.05, 0.1) is 23.7 Å². The van der Waals surface area contributed by atoms with Crippen molar-refractivity contribution >= 4 is 40.3 Å². The molecule has 4 heterocycles. The van der Waals surface area contributed by atoms with Gasteiger partial charge in [-0.05, 0) is 36.8 Å². The average Bonchev–Trinajstić information content (AvgIpc) is 3.30. The summed E-state index contributed by atoms with van der Waals surface area (Å²) in [6.07, 6.45) is 14.8. The van der Waals surface area contributed by atoms with Crippen LogP contribution in [0.3, 0.4) is 0 Å². The molecule has 212 valence electrons. The summed E-state index contributed by atoms with van der Waals surface area (Å²) in [5.74, 6) is -1.16. The van der Waals surface area contributed by atoms with Gasteiger partial charge in [0.1, 0.15) is 5.65 Å². The Balaban J connectivity index is 1.47. The largest absolute Gasteiger partial charge is 0.481 e. The number of carboxylic acids is 1. The first-order chi connectivity index (χ1) is 19.1. The molecule has 1 aliphatic heterocycles. The van der Waals surface area contributed by atoms with E-state index in [0.717, 1.165) is 24.4 Å². The second-order valence-electron chi connectivity index (χ2n) is 10.9. The van der Waals surface area contributed by atoms with E-state index in [1.165, 1.54) is 0 Å². The Kier molecular flexibility index (Phi) is 9.19. The molecular weight excluding hydrogens is 535 g/mol. The quantitative estimate of drug-likeness (QED) is 0.233. The van der Waals surface area contributed by atoms with Crippen LogP contribution in [0.1, 0.15) is 59.3 Å². The van der Waals surface area contributed by atoms with Gasteiger partial charge in [-0.1, -0.05) is 50.9 Å². The van der Waals surface area contributed by atoms with Crippen molar-refractivity contribution in [2.24, 2.45) is 5.41 Å². The molecule has 0 spiro atoms. The summed E-state index contributed by atoms with van der Waals surface area (Å²) < 4.78 is 14.9. The number of aliphatic carboxylic acids is 1. The number of pyridine rings is 1. The topological polar surface area (TPSA) is 124 Å². The number of carboxylic acid groups (broad SMARTS) is 1. The Bertz CT molecular complexity index is 1440. The van der Waals surface area contributed by atoms with Gasteiger partial charge in [0.25, 0.3) is 0 Å². The molecule has 1 amide bonds. The van der Waals surface area contributed by atoms with Crippen molar-refractivity contribution in [3.63, 3.8) is 0 Å². The smallest absolute Gasteiger partial charge is 0.303 e. The maximum atomic E-state index is 14.9. The summed E-state index contributed by atoms with van der Waals surface area (Å²) in [6.45, 7) is 5.62. The number of nitrogens with one attached hydrogen (secondary N) is 2. The molecule has 3 aromatic rings. The van der Waals surface area contributed by atoms with E-state index >= 15 is 0 Å². The Hall–Kier alpha value is -3.79. The molecule has 0 saturated carbocycles. The fourth-order valence-electron chi connectivity index (χ4n) is 4.98. The molecule has 3 aromatic heterocycles. The van der Waals surface area contributed by atoms with Crippen LogP contribution in [0, 0.1) is 11.2 Å². The van der Waals surface area contributed by atoms with Crippen LogP contribution in [0.15, 0.2) is 49.1 Å². The van der Waals surface area contributed by atoms with Crippen LogP contribution in [0.5, 0.6) is 0 Å². The van der Waals surface area contributed by atoms with Gasteiger partial charge in [-0.3, -0.25) is 9.59 Å². The Morgan fingerprint density at radius 2 is 2.02 bits per heavy atom. The zero-order chi connectivity index (χ0) is 28.9. The first-order valence-electron chi connectivity index (χ1n) is 13.4. The van der Waals surface area contributed by atoms with Crippen LogP contribution in [0.25, 0.3) is 22.4 Å². The van der Waals surface area contributed by atoms with Gasteiger partial charge in [0.15, 0.2) is 17.5 Å². The number of allylic oxidation sites excluding steroid dienone is 2. The number of carbonyl (C=O) groups excluding carboxylic acids is 1. The molecule has 1 aliphatic rings. The minimum absolute atomic E-state index is 0.0894. The van der Waals surface area contributed by atoms with Crippen LogP contribution < -0.4 is 5.32 Å². The first-order valence-corrected chi connectivity index (χ1v) is 13.7. The van der Waals surface area contributed by atoms with Crippen molar-refractivity contribution in [2.45, 2.75) is 71.4 Å². The predicted octanol–water partition coefficient (Wildman–Crippen LogP) is 6.34. The van der Waals surface area contributed by atoms with E-state index in [-0.39, 0.29) is 36.7 Å². The molecule has 0 fully saturated rings. The molecule has 3 N–H and O–H groups in total. The standard InChI is InChI=1S/C29H34ClFN6O3/c1-4-7-19(9-10-20-8-5-6-11-37(20)24(38)13-29(2,3)14-25(39)40)35-28-23(31)17-34-27(36-28)22-16-33-26-21(22)12-18(30)15-32-26/h5-6,8,11-12,15-17,19-20H,4,7,9-10,13-14H2,1-3H3,(H,32,33)(H,39,40)(H,34,35,36)/t19?,20-/m0/s1. The van der Waals surface area contributed by atoms with Gasteiger partial charge >= 0.3 is 5.97 Å². The number of aromatic amines is 1. The van der Waals surface area contributed by atoms with Crippen molar-refractivity contribution in [2.75, 3.05) is 5.32 Å². The van der Waals surface area contributed by atoms with Gasteiger partial charge in [-0.2, -0.15) is 0 Å². The molecule has 1 unspecified atom stereocenters. The van der Waals surface area contributed by atoms with Crippen LogP contribution in [0.4, 0.5) is 10.2 Å². The van der Waals surface area contributed by atoms with E-state index in [1.54, 1.807) is 49.5 Å². The Morgan fingerprint density at radius 3 is 2.77 bits per heavy atom. The second-order valence-corrected chi connectivity index (χ2v) is 11.3. The van der Waals surface area contributed by atoms with Gasteiger partial charge in [0, 0.05) is 42.0 Å². The van der Waals surface area contributed by atoms with Crippen molar-refractivity contribution in [3.05, 3.63) is 59.9 Å². The lowest BCUT2D eigenvalue weighted by atomic mass is 9.85. The van der Waals surface area contributed by atoms with E-state index in [9.17, 15) is 19.1 Å². The summed E-state index contributed by atoms with van der Waals surface area (Å²) in [7, 11) is 0. The highest BCUT2D eigenvalue weighted by Crippen LogP contribution is 2.30. The minimum Gasteiger partial charge on any atom is -0.481 e. The number of fused-ring (bicyclic) bond motifs is 1. The number of H-pyrrole nitrogens is 1. The van der Waals surface area contributed by atoms with E-state index < -0.39 is 17.2 Å². The monoisotopic (exact) mass is 568 g/mol. The lowest BCUT2D eigenvalue weighted by Gasteiger charge is -2.33. The van der Waals surface area contributed by atoms with Gasteiger partial charge in [-0.25, -0.2) is 19.3 Å². The maximum absolute atomic E-state index is 14.9. The summed E-state index contributed by atoms with van der Waals surface area (Å²) in [4.78, 5) is 42.0. The van der Waals surface area contributed by atoms with Crippen molar-refractivity contribution in [1.82, 2.24) is 24.8 Å². The Morgan fingerprint density at radius 1 is 1.23 bits per heavy atom. The molecular formula is C29H34ClFN6O3. The molecule has 40 heavy (non-hydrogen) atoms. The zero-order valence-electron chi connectivity index (χ0n) is 22.8. The van der Waals surface area contributed by atoms with E-state index in [1.807, 2.05) is 12.2 Å². The summed E-state index contributed by atoms with van der Waals surface area (Å²) >= 11 is 6.13. The number of carbonyl (C=O) groups is 2. The molecule has 0 radical (unpaired) electrons. The number of hydrogen-bond donors (Lipinski definition) is 3. The Labute approximate surface area is 237 Å². The van der Waals surface area contributed by atoms with Crippen molar-refractivity contribution in [3.8, 4) is 11.4 Å². The zero-order valence-corrected chi connectivity index (χ0v) is 23.6. The number of nitrogens with zero attached hydrogens (tertiary/aromatic N) is 4. The molecule has 0 bridgehead atoms. The van der Waals surface area contributed by atoms with Crippen LogP contribution in [-0.2, 0) is 9.59 Å². The highest BCUT2D eigenvalue weighted by molar-refractivity contribution is 6.31. The van der Waals surface area contributed by atoms with Crippen LogP contribution >= 0.6 is 11.6 Å². The number of halogens is 2. The second kappa shape index (κ2) is 12.6. The molecule has 0 aromatic carbocycles. The van der Waals surface area contributed by atoms with E-state index in [4.69, 9.17) is 11.6 Å². The molecule has 11 heteroatoms. The molecule has 9 nitrogen and oxygen atoms in total. The van der Waals surface area contributed by atoms with Gasteiger partial charge in [-0.15, -0.1) is 0 Å². The highest BCUT2D eigenvalue weighted by Gasteiger charge is 2.30. The first kappa shape index (κ1) is 29.2. The minimum atomic E-state index is -0.929. The third kappa shape index (κ3) is 7.24. The van der Waals surface area contributed by atoms with E-state index in [2.05, 4.69) is 32.2 Å². The van der Waals surface area contributed by atoms with Crippen LogP contribution in [0.2, 0.25) is 5.02 Å². The summed E-state index contributed by atoms with van der Waals surface area (Å²) in [5, 5.41) is 13.7. The summed E-state index contributed by atoms with van der Waals surface area (Å²) in [5.41, 5.74) is 0.633. The summed E-state index contributed by atoms with van der Waals surface area (Å²) in [6, 6.07) is 1.48. The van der Waals surface area contributed by atoms with Crippen molar-refractivity contribution < 1.29 is 19.1 Å². The lowest BCUT2D eigenvalue weighted by Crippen LogP contribution is -2.39. The highest BCUT2D eigenvalue weighted by atomic mass is 35.5. The van der Waals surface area contributed by atoms with Gasteiger partial charge in [0.2, 0.25) is 5.91 Å². The van der Waals surface area contributed by atoms with Crippen molar-refractivity contribution in [1.29, 1.82) is 0 Å². The average molecular weight is 569 g/mol. The predicted molar refractivity (Wildman–Crippen MR) is 153 cm³/mol. The third-order valence-corrected chi connectivity index (χ3v) is 7.07. The third-order valence-electron chi connectivity index (χ3n) is 6.87. The normalized spacial score (nSPS) is 15.9. The van der Waals surface area contributed by atoms with E-state index in [0.29, 0.717) is 34.9 Å². The number of rotatable bonds is 12. The number of hydrogen-bond acceptors (Lipinski definition) is 6. The molecule has 4 rings (SSSR count). The number of amides is 1. The maximum Gasteiger partial charge on any atom is 0.303 e. The SMILES string of the molecule is CCCC(CC[C@@H]1C=CC=CN1C(=O)CC(C)(C)CC(=O)O)Nc1nc(-c2c[nH]c3ncc(Cl)cc23)ncc1F. The number of aromatic nitrogens is 4. The lowest BCUT2D eigenvalue weighted by molar-refractivity contribution is -0.140.